The van der Waals surface area contributed by atoms with Gasteiger partial charge in [0.15, 0.2) is 6.10 Å². The third-order valence-electron chi connectivity index (χ3n) is 3.12. The van der Waals surface area contributed by atoms with Gasteiger partial charge >= 0.3 is 12.0 Å². The quantitative estimate of drug-likeness (QED) is 0.855. The number of hydrogen-bond acceptors (Lipinski definition) is 5. The maximum absolute atomic E-state index is 14.0. The van der Waals surface area contributed by atoms with Crippen LogP contribution in [0.25, 0.3) is 0 Å². The van der Waals surface area contributed by atoms with Gasteiger partial charge in [-0.3, -0.25) is 0 Å². The van der Waals surface area contributed by atoms with Crippen LogP contribution in [0, 0.1) is 0 Å². The van der Waals surface area contributed by atoms with Gasteiger partial charge in [0.25, 0.3) is 0 Å². The molecule has 110 valence electrons. The number of pyridine rings is 1. The highest BCUT2D eigenvalue weighted by Gasteiger charge is 2.47. The zero-order chi connectivity index (χ0) is 14.8. The molecule has 2 rings (SSSR count). The zero-order valence-corrected chi connectivity index (χ0v) is 11.0. The van der Waals surface area contributed by atoms with Crippen LogP contribution in [0.3, 0.4) is 0 Å². The van der Waals surface area contributed by atoms with Crippen molar-refractivity contribution in [2.75, 3.05) is 30.8 Å². The van der Waals surface area contributed by atoms with Gasteiger partial charge < -0.3 is 20.7 Å². The minimum atomic E-state index is -3.12. The van der Waals surface area contributed by atoms with E-state index in [1.54, 1.807) is 12.1 Å². The summed E-state index contributed by atoms with van der Waals surface area (Å²) < 4.78 is 32.7. The van der Waals surface area contributed by atoms with Crippen molar-refractivity contribution in [3.05, 3.63) is 18.3 Å². The van der Waals surface area contributed by atoms with E-state index in [9.17, 15) is 13.6 Å². The topological polar surface area (TPSA) is 80.5 Å². The van der Waals surface area contributed by atoms with E-state index in [1.807, 2.05) is 0 Å². The second kappa shape index (κ2) is 5.48. The van der Waals surface area contributed by atoms with Gasteiger partial charge in [-0.2, -0.15) is 0 Å². The Bertz CT molecular complexity index is 481. The number of nitrogens with zero attached hydrogens (tertiary/aromatic N) is 2. The van der Waals surface area contributed by atoms with Crippen molar-refractivity contribution in [1.82, 2.24) is 10.3 Å². The number of nitrogens with two attached hydrogens (primary N) is 1. The van der Waals surface area contributed by atoms with E-state index in [-0.39, 0.29) is 6.42 Å². The molecule has 1 unspecified atom stereocenters. The monoisotopic (exact) mass is 286 g/mol. The number of rotatable bonds is 2. The molecular formula is C12H16F2N4O2. The smallest absolute Gasteiger partial charge is 0.407 e. The molecular weight excluding hydrogens is 270 g/mol. The van der Waals surface area contributed by atoms with Gasteiger partial charge in [0.05, 0.1) is 18.4 Å². The lowest BCUT2D eigenvalue weighted by molar-refractivity contribution is -0.116. The highest BCUT2D eigenvalue weighted by atomic mass is 19.3. The average molecular weight is 286 g/mol. The molecule has 1 aliphatic heterocycles. The Kier molecular flexibility index (Phi) is 3.91. The largest absolute Gasteiger partial charge is 0.440 e. The van der Waals surface area contributed by atoms with E-state index in [1.165, 1.54) is 18.1 Å². The molecule has 1 saturated heterocycles. The lowest BCUT2D eigenvalue weighted by Crippen LogP contribution is -2.53. The molecule has 0 saturated carbocycles. The van der Waals surface area contributed by atoms with Crippen LogP contribution in [-0.4, -0.2) is 43.2 Å². The molecule has 1 aliphatic rings. The van der Waals surface area contributed by atoms with Gasteiger partial charge in [-0.25, -0.2) is 18.6 Å². The number of carbonyl (C=O) groups excluding carboxylic acids is 1. The Balaban J connectivity index is 2.06. The molecule has 0 aromatic carbocycles. The van der Waals surface area contributed by atoms with Gasteiger partial charge in [0, 0.05) is 20.0 Å². The summed E-state index contributed by atoms with van der Waals surface area (Å²) in [6.07, 6.45) is -0.770. The molecule has 0 aliphatic carbocycles. The normalized spacial score (nSPS) is 21.4. The second-order valence-electron chi connectivity index (χ2n) is 4.56. The van der Waals surface area contributed by atoms with Gasteiger partial charge in [0.1, 0.15) is 5.82 Å². The predicted octanol–water partition coefficient (Wildman–Crippen LogP) is 1.23. The van der Waals surface area contributed by atoms with E-state index in [4.69, 9.17) is 10.5 Å². The Morgan fingerprint density at radius 3 is 2.90 bits per heavy atom. The fourth-order valence-corrected chi connectivity index (χ4v) is 2.06. The summed E-state index contributed by atoms with van der Waals surface area (Å²) in [6.45, 7) is -0.177. The van der Waals surface area contributed by atoms with Crippen LogP contribution in [0.1, 0.15) is 6.42 Å². The molecule has 1 aromatic rings. The number of alkyl halides is 2. The molecule has 1 fully saturated rings. The molecule has 1 aromatic heterocycles. The molecule has 0 bridgehead atoms. The molecule has 3 N–H and O–H groups in total. The first-order chi connectivity index (χ1) is 9.42. The van der Waals surface area contributed by atoms with Crippen molar-refractivity contribution in [2.45, 2.75) is 18.4 Å². The maximum atomic E-state index is 14.0. The first kappa shape index (κ1) is 14.3. The summed E-state index contributed by atoms with van der Waals surface area (Å²) in [4.78, 5) is 16.4. The summed E-state index contributed by atoms with van der Waals surface area (Å²) in [5.74, 6) is -2.79. The zero-order valence-electron chi connectivity index (χ0n) is 11.0. The average Bonchev–Trinajstić information content (AvgIpc) is 2.41. The number of nitrogen functional groups attached to an aromatic ring is 1. The van der Waals surface area contributed by atoms with Crippen molar-refractivity contribution < 1.29 is 18.3 Å². The summed E-state index contributed by atoms with van der Waals surface area (Å²) in [5.41, 5.74) is 6.03. The standard InChI is InChI=1S/C12H16F2N4O2/c1-16-11(19)20-9-4-5-18(7-12(9,13)14)8-2-3-10(15)17-6-8/h2-3,6,9H,4-5,7H2,1H3,(H2,15,17)(H,16,19). The summed E-state index contributed by atoms with van der Waals surface area (Å²) in [6, 6.07) is 3.19. The molecule has 0 spiro atoms. The lowest BCUT2D eigenvalue weighted by Gasteiger charge is -2.38. The van der Waals surface area contributed by atoms with Crippen LogP contribution in [-0.2, 0) is 4.74 Å². The first-order valence-corrected chi connectivity index (χ1v) is 6.15. The Hall–Kier alpha value is -2.12. The van der Waals surface area contributed by atoms with Crippen LogP contribution in [0.2, 0.25) is 0 Å². The number of anilines is 2. The Morgan fingerprint density at radius 1 is 1.60 bits per heavy atom. The number of amides is 1. The summed E-state index contributed by atoms with van der Waals surface area (Å²) >= 11 is 0. The molecule has 6 nitrogen and oxygen atoms in total. The van der Waals surface area contributed by atoms with Crippen molar-refractivity contribution in [3.63, 3.8) is 0 Å². The van der Waals surface area contributed by atoms with Crippen LogP contribution >= 0.6 is 0 Å². The first-order valence-electron chi connectivity index (χ1n) is 6.15. The molecule has 2 heterocycles. The van der Waals surface area contributed by atoms with E-state index in [0.29, 0.717) is 18.1 Å². The number of carbonyl (C=O) groups is 1. The van der Waals surface area contributed by atoms with Gasteiger partial charge in [-0.15, -0.1) is 0 Å². The minimum Gasteiger partial charge on any atom is -0.440 e. The van der Waals surface area contributed by atoms with Crippen molar-refractivity contribution >= 4 is 17.6 Å². The van der Waals surface area contributed by atoms with Crippen LogP contribution in [0.4, 0.5) is 25.1 Å². The Labute approximate surface area is 114 Å². The molecule has 1 atom stereocenters. The van der Waals surface area contributed by atoms with Gasteiger partial charge in [-0.05, 0) is 12.1 Å². The number of aromatic nitrogens is 1. The SMILES string of the molecule is CNC(=O)OC1CCN(c2ccc(N)nc2)CC1(F)F. The third kappa shape index (κ3) is 3.06. The number of halogens is 2. The van der Waals surface area contributed by atoms with Crippen molar-refractivity contribution in [3.8, 4) is 0 Å². The fourth-order valence-electron chi connectivity index (χ4n) is 2.06. The fraction of sp³-hybridized carbons (Fsp3) is 0.500. The lowest BCUT2D eigenvalue weighted by atomic mass is 10.0. The second-order valence-corrected chi connectivity index (χ2v) is 4.56. The third-order valence-corrected chi connectivity index (χ3v) is 3.12. The van der Waals surface area contributed by atoms with E-state index < -0.39 is 24.7 Å². The number of hydrogen-bond donors (Lipinski definition) is 2. The van der Waals surface area contributed by atoms with Gasteiger partial charge in [-0.1, -0.05) is 0 Å². The van der Waals surface area contributed by atoms with E-state index >= 15 is 0 Å². The minimum absolute atomic E-state index is 0.0464. The highest BCUT2D eigenvalue weighted by Crippen LogP contribution is 2.32. The van der Waals surface area contributed by atoms with Crippen LogP contribution in [0.15, 0.2) is 18.3 Å². The van der Waals surface area contributed by atoms with E-state index in [0.717, 1.165) is 0 Å². The van der Waals surface area contributed by atoms with E-state index in [2.05, 4.69) is 10.3 Å². The molecule has 20 heavy (non-hydrogen) atoms. The van der Waals surface area contributed by atoms with Crippen LogP contribution < -0.4 is 16.0 Å². The van der Waals surface area contributed by atoms with Gasteiger partial charge in [0.2, 0.25) is 0 Å². The maximum Gasteiger partial charge on any atom is 0.407 e. The molecule has 8 heteroatoms. The Morgan fingerprint density at radius 2 is 2.35 bits per heavy atom. The van der Waals surface area contributed by atoms with Crippen molar-refractivity contribution in [2.24, 2.45) is 0 Å². The van der Waals surface area contributed by atoms with Crippen molar-refractivity contribution in [1.29, 1.82) is 0 Å². The number of nitrogens with one attached hydrogen (secondary N) is 1. The summed E-state index contributed by atoms with van der Waals surface area (Å²) in [5, 5.41) is 2.17. The molecule has 0 radical (unpaired) electrons. The number of alkyl carbamates (subject to hydrolysis) is 1. The highest BCUT2D eigenvalue weighted by molar-refractivity contribution is 5.67. The predicted molar refractivity (Wildman–Crippen MR) is 69.8 cm³/mol. The number of piperidine rings is 1. The number of ether oxygens (including phenoxy) is 1. The molecule has 1 amide bonds. The van der Waals surface area contributed by atoms with Crippen LogP contribution in [0.5, 0.6) is 0 Å². The summed E-state index contributed by atoms with van der Waals surface area (Å²) in [7, 11) is 1.33.